The molecule has 1 saturated heterocycles. The summed E-state index contributed by atoms with van der Waals surface area (Å²) in [6, 6.07) is 14.6. The van der Waals surface area contributed by atoms with Crippen LogP contribution in [0.15, 0.2) is 48.5 Å². The van der Waals surface area contributed by atoms with Gasteiger partial charge in [-0.1, -0.05) is 47.5 Å². The minimum absolute atomic E-state index is 0.0495. The summed E-state index contributed by atoms with van der Waals surface area (Å²) in [5, 5.41) is 20.5. The molecule has 1 aliphatic carbocycles. The Morgan fingerprint density at radius 3 is 2.10 bits per heavy atom. The quantitative estimate of drug-likeness (QED) is 0.665. The molecule has 0 bridgehead atoms. The fourth-order valence-electron chi connectivity index (χ4n) is 3.98. The van der Waals surface area contributed by atoms with Crippen molar-refractivity contribution in [1.82, 2.24) is 4.90 Å². The van der Waals surface area contributed by atoms with E-state index in [2.05, 4.69) is 0 Å². The van der Waals surface area contributed by atoms with E-state index in [1.165, 1.54) is 0 Å². The van der Waals surface area contributed by atoms with Gasteiger partial charge >= 0.3 is 0 Å². The van der Waals surface area contributed by atoms with Gasteiger partial charge in [0.2, 0.25) is 0 Å². The number of morpholine rings is 1. The van der Waals surface area contributed by atoms with E-state index in [0.29, 0.717) is 22.5 Å². The van der Waals surface area contributed by atoms with Gasteiger partial charge in [-0.15, -0.1) is 0 Å². The molecule has 1 saturated carbocycles. The van der Waals surface area contributed by atoms with E-state index >= 15 is 0 Å². The molecular weight excluding hydrogens is 425 g/mol. The second-order valence-electron chi connectivity index (χ2n) is 8.10. The lowest BCUT2D eigenvalue weighted by atomic mass is 9.90. The molecule has 1 aliphatic heterocycles. The molecule has 4 atom stereocenters. The fraction of sp³-hybridized carbons (Fsp3) is 0.435. The number of hydrogen-bond acceptors (Lipinski definition) is 4. The third kappa shape index (κ3) is 4.82. The number of amides is 1. The lowest BCUT2D eigenvalue weighted by molar-refractivity contribution is -0.179. The Morgan fingerprint density at radius 1 is 1.00 bits per heavy atom. The van der Waals surface area contributed by atoms with Crippen LogP contribution in [0.4, 0.5) is 0 Å². The third-order valence-electron chi connectivity index (χ3n) is 5.75. The molecule has 2 fully saturated rings. The number of hydrogen-bond donors (Lipinski definition) is 2. The topological polar surface area (TPSA) is 70.0 Å². The van der Waals surface area contributed by atoms with E-state index in [1.54, 1.807) is 12.1 Å². The third-order valence-corrected chi connectivity index (χ3v) is 6.25. The van der Waals surface area contributed by atoms with Crippen molar-refractivity contribution in [3.8, 4) is 0 Å². The lowest BCUT2D eigenvalue weighted by Crippen LogP contribution is -2.52. The molecule has 2 aromatic rings. The van der Waals surface area contributed by atoms with Gasteiger partial charge in [-0.25, -0.2) is 0 Å². The number of benzene rings is 2. The van der Waals surface area contributed by atoms with Crippen LogP contribution in [0, 0.1) is 5.92 Å². The van der Waals surface area contributed by atoms with Crippen molar-refractivity contribution in [3.63, 3.8) is 0 Å². The molecule has 4 rings (SSSR count). The standard InChI is InChI=1S/C23H25Cl2NO4/c24-17-7-3-15(4-8-17)21-22(16-5-9-18(25)10-6-16)30-20(11-19(28)13-27)23(29)26(21)12-14-1-2-14/h3-10,14,19-22,27-28H,1-2,11-13H2/t19-,20+,21-,22+/m1/s1. The summed E-state index contributed by atoms with van der Waals surface area (Å²) < 4.78 is 6.29. The molecular formula is C23H25Cl2NO4. The van der Waals surface area contributed by atoms with Crippen molar-refractivity contribution in [2.24, 2.45) is 5.92 Å². The first-order valence-corrected chi connectivity index (χ1v) is 11.0. The van der Waals surface area contributed by atoms with Crippen molar-refractivity contribution >= 4 is 29.1 Å². The van der Waals surface area contributed by atoms with Crippen molar-refractivity contribution in [2.45, 2.75) is 43.6 Å². The molecule has 2 aromatic carbocycles. The first-order valence-electron chi connectivity index (χ1n) is 10.2. The molecule has 0 spiro atoms. The molecule has 0 unspecified atom stereocenters. The molecule has 160 valence electrons. The molecule has 0 aromatic heterocycles. The van der Waals surface area contributed by atoms with Crippen molar-refractivity contribution in [2.75, 3.05) is 13.2 Å². The van der Waals surface area contributed by atoms with E-state index < -0.39 is 24.9 Å². The van der Waals surface area contributed by atoms with Gasteiger partial charge in [-0.3, -0.25) is 4.79 Å². The van der Waals surface area contributed by atoms with Gasteiger partial charge in [0.05, 0.1) is 18.8 Å². The lowest BCUT2D eigenvalue weighted by Gasteiger charge is -2.45. The maximum atomic E-state index is 13.4. The van der Waals surface area contributed by atoms with Crippen molar-refractivity contribution in [1.29, 1.82) is 0 Å². The van der Waals surface area contributed by atoms with Crippen molar-refractivity contribution < 1.29 is 19.7 Å². The summed E-state index contributed by atoms with van der Waals surface area (Å²) in [7, 11) is 0. The largest absolute Gasteiger partial charge is 0.394 e. The highest BCUT2D eigenvalue weighted by Crippen LogP contribution is 2.45. The van der Waals surface area contributed by atoms with Crippen LogP contribution in [0.2, 0.25) is 10.0 Å². The monoisotopic (exact) mass is 449 g/mol. The van der Waals surface area contributed by atoms with E-state index in [-0.39, 0.29) is 18.4 Å². The molecule has 2 N–H and O–H groups in total. The Kier molecular flexibility index (Phi) is 6.66. The zero-order chi connectivity index (χ0) is 21.3. The minimum atomic E-state index is -1.01. The van der Waals surface area contributed by atoms with Crippen LogP contribution >= 0.6 is 23.2 Å². The van der Waals surface area contributed by atoms with Crippen LogP contribution in [-0.2, 0) is 9.53 Å². The summed E-state index contributed by atoms with van der Waals surface area (Å²) in [5.41, 5.74) is 1.84. The smallest absolute Gasteiger partial charge is 0.252 e. The van der Waals surface area contributed by atoms with Gasteiger partial charge in [0.15, 0.2) is 0 Å². The molecule has 2 aliphatic rings. The number of halogens is 2. The van der Waals surface area contributed by atoms with Gasteiger partial charge in [-0.05, 0) is 54.2 Å². The van der Waals surface area contributed by atoms with E-state index in [9.17, 15) is 15.0 Å². The highest BCUT2D eigenvalue weighted by Gasteiger charge is 2.46. The fourth-order valence-corrected chi connectivity index (χ4v) is 4.24. The van der Waals surface area contributed by atoms with Crippen LogP contribution in [0.25, 0.3) is 0 Å². The van der Waals surface area contributed by atoms with E-state index in [4.69, 9.17) is 27.9 Å². The Bertz CT molecular complexity index is 870. The van der Waals surface area contributed by atoms with Gasteiger partial charge in [0.1, 0.15) is 12.2 Å². The zero-order valence-electron chi connectivity index (χ0n) is 16.5. The van der Waals surface area contributed by atoms with E-state index in [1.807, 2.05) is 41.3 Å². The summed E-state index contributed by atoms with van der Waals surface area (Å²) in [4.78, 5) is 15.3. The average Bonchev–Trinajstić information content (AvgIpc) is 3.56. The number of carbonyl (C=O) groups excluding carboxylic acids is 1. The predicted molar refractivity (Wildman–Crippen MR) is 115 cm³/mol. The molecule has 1 amide bonds. The zero-order valence-corrected chi connectivity index (χ0v) is 18.0. The summed E-state index contributed by atoms with van der Waals surface area (Å²) >= 11 is 12.2. The minimum Gasteiger partial charge on any atom is -0.394 e. The van der Waals surface area contributed by atoms with Crippen LogP contribution in [0.5, 0.6) is 0 Å². The highest BCUT2D eigenvalue weighted by atomic mass is 35.5. The number of aliphatic hydroxyl groups is 2. The Labute approximate surface area is 186 Å². The molecule has 7 heteroatoms. The summed E-state index contributed by atoms with van der Waals surface area (Å²) in [5.74, 6) is 0.329. The Balaban J connectivity index is 1.75. The maximum absolute atomic E-state index is 13.4. The van der Waals surface area contributed by atoms with Crippen molar-refractivity contribution in [3.05, 3.63) is 69.7 Å². The first-order chi connectivity index (χ1) is 14.5. The number of carbonyl (C=O) groups is 1. The normalized spacial score (nSPS) is 25.4. The molecule has 1 heterocycles. The Hall–Kier alpha value is -1.63. The molecule has 0 radical (unpaired) electrons. The number of nitrogens with zero attached hydrogens (tertiary/aromatic N) is 1. The second kappa shape index (κ2) is 9.25. The summed E-state index contributed by atoms with van der Waals surface area (Å²) in [6.07, 6.45) is -0.0137. The van der Waals surface area contributed by atoms with Crippen LogP contribution in [0.3, 0.4) is 0 Å². The maximum Gasteiger partial charge on any atom is 0.252 e. The van der Waals surface area contributed by atoms with Crippen LogP contribution in [-0.4, -0.2) is 46.4 Å². The van der Waals surface area contributed by atoms with E-state index in [0.717, 1.165) is 24.0 Å². The number of rotatable bonds is 7. The summed E-state index contributed by atoms with van der Waals surface area (Å²) in [6.45, 7) is 0.229. The number of ether oxygens (including phenoxy) is 1. The number of aliphatic hydroxyl groups excluding tert-OH is 2. The molecule has 5 nitrogen and oxygen atoms in total. The predicted octanol–water partition coefficient (Wildman–Crippen LogP) is 4.16. The highest BCUT2D eigenvalue weighted by molar-refractivity contribution is 6.30. The van der Waals surface area contributed by atoms with Gasteiger partial charge < -0.3 is 19.8 Å². The average molecular weight is 450 g/mol. The van der Waals surface area contributed by atoms with Crippen LogP contribution in [0.1, 0.15) is 42.5 Å². The first kappa shape index (κ1) is 21.6. The van der Waals surface area contributed by atoms with Gasteiger partial charge in [-0.2, -0.15) is 0 Å². The van der Waals surface area contributed by atoms with Crippen LogP contribution < -0.4 is 0 Å². The Morgan fingerprint density at radius 2 is 1.57 bits per heavy atom. The molecule has 30 heavy (non-hydrogen) atoms. The SMILES string of the molecule is O=C1[C@H](C[C@@H](O)CO)O[C@@H](c2ccc(Cl)cc2)[C@@H](c2ccc(Cl)cc2)N1CC1CC1. The van der Waals surface area contributed by atoms with Gasteiger partial charge in [0.25, 0.3) is 5.91 Å². The second-order valence-corrected chi connectivity index (χ2v) is 8.97. The van der Waals surface area contributed by atoms with Gasteiger partial charge in [0, 0.05) is 23.0 Å².